The second-order valence-corrected chi connectivity index (χ2v) is 4.92. The number of piperidine rings is 1. The van der Waals surface area contributed by atoms with E-state index < -0.39 is 11.9 Å². The number of nitrogens with one attached hydrogen (secondary N) is 1. The van der Waals surface area contributed by atoms with Crippen LogP contribution in [-0.2, 0) is 6.42 Å². The van der Waals surface area contributed by atoms with E-state index in [2.05, 4.69) is 5.32 Å². The molecule has 0 bridgehead atoms. The Morgan fingerprint density at radius 3 is 3.00 bits per heavy atom. The maximum atomic E-state index is 13.2. The van der Waals surface area contributed by atoms with Crippen molar-refractivity contribution in [2.75, 3.05) is 6.54 Å². The summed E-state index contributed by atoms with van der Waals surface area (Å²) in [5.74, 6) is -0.423. The first-order valence-corrected chi connectivity index (χ1v) is 6.40. The monoisotopic (exact) mass is 257 g/mol. The summed E-state index contributed by atoms with van der Waals surface area (Å²) in [7, 11) is 0. The lowest BCUT2D eigenvalue weighted by Crippen LogP contribution is -2.44. The Hall–Kier alpha value is -0.640. The standard InChI is InChI=1S/C13H17ClFNO/c14-13-9(4-3-5-10(13)15)8-12(17)11-6-1-2-7-16-11/h3-5,11-12,16-17H,1-2,6-8H2. The average molecular weight is 258 g/mol. The molecule has 17 heavy (non-hydrogen) atoms. The van der Waals surface area contributed by atoms with Gasteiger partial charge in [-0.25, -0.2) is 4.39 Å². The summed E-state index contributed by atoms with van der Waals surface area (Å²) in [4.78, 5) is 0. The van der Waals surface area contributed by atoms with Gasteiger partial charge in [0.25, 0.3) is 0 Å². The van der Waals surface area contributed by atoms with Crippen molar-refractivity contribution >= 4 is 11.6 Å². The molecule has 1 aliphatic rings. The molecule has 0 aliphatic carbocycles. The van der Waals surface area contributed by atoms with Gasteiger partial charge in [0.15, 0.2) is 0 Å². The summed E-state index contributed by atoms with van der Waals surface area (Å²) in [5.41, 5.74) is 0.673. The van der Waals surface area contributed by atoms with Crippen molar-refractivity contribution < 1.29 is 9.50 Å². The molecule has 0 spiro atoms. The van der Waals surface area contributed by atoms with Crippen LogP contribution in [0, 0.1) is 5.82 Å². The van der Waals surface area contributed by atoms with Crippen molar-refractivity contribution in [2.24, 2.45) is 0 Å². The Labute approximate surface area is 106 Å². The van der Waals surface area contributed by atoms with Crippen LogP contribution in [0.4, 0.5) is 4.39 Å². The topological polar surface area (TPSA) is 32.3 Å². The smallest absolute Gasteiger partial charge is 0.142 e. The molecule has 0 radical (unpaired) electrons. The fourth-order valence-corrected chi connectivity index (χ4v) is 2.48. The van der Waals surface area contributed by atoms with Gasteiger partial charge in [-0.05, 0) is 31.0 Å². The lowest BCUT2D eigenvalue weighted by Gasteiger charge is -2.28. The van der Waals surface area contributed by atoms with E-state index in [-0.39, 0.29) is 11.1 Å². The first-order chi connectivity index (χ1) is 8.18. The van der Waals surface area contributed by atoms with E-state index in [1.807, 2.05) is 0 Å². The molecule has 2 atom stereocenters. The lowest BCUT2D eigenvalue weighted by atomic mass is 9.95. The molecule has 94 valence electrons. The number of aliphatic hydroxyl groups excluding tert-OH is 1. The molecule has 2 N–H and O–H groups in total. The minimum Gasteiger partial charge on any atom is -0.391 e. The molecular formula is C13H17ClFNO. The van der Waals surface area contributed by atoms with E-state index in [4.69, 9.17) is 11.6 Å². The van der Waals surface area contributed by atoms with Crippen molar-refractivity contribution in [2.45, 2.75) is 37.8 Å². The number of aliphatic hydroxyl groups is 1. The minimum atomic E-state index is -0.505. The van der Waals surface area contributed by atoms with Crippen LogP contribution in [0.1, 0.15) is 24.8 Å². The van der Waals surface area contributed by atoms with Crippen LogP contribution >= 0.6 is 11.6 Å². The van der Waals surface area contributed by atoms with Crippen molar-refractivity contribution in [3.63, 3.8) is 0 Å². The molecule has 4 heteroatoms. The molecule has 0 saturated carbocycles. The van der Waals surface area contributed by atoms with Crippen molar-refractivity contribution in [3.05, 3.63) is 34.6 Å². The Morgan fingerprint density at radius 2 is 2.29 bits per heavy atom. The summed E-state index contributed by atoms with van der Waals surface area (Å²) >= 11 is 5.87. The number of halogens is 2. The third-order valence-electron chi connectivity index (χ3n) is 3.27. The Balaban J connectivity index is 2.01. The summed E-state index contributed by atoms with van der Waals surface area (Å²) < 4.78 is 13.2. The van der Waals surface area contributed by atoms with Gasteiger partial charge in [0.05, 0.1) is 11.1 Å². The quantitative estimate of drug-likeness (QED) is 0.872. The van der Waals surface area contributed by atoms with Gasteiger partial charge in [-0.2, -0.15) is 0 Å². The molecule has 0 aromatic heterocycles. The van der Waals surface area contributed by atoms with Crippen LogP contribution in [0.5, 0.6) is 0 Å². The first-order valence-electron chi connectivity index (χ1n) is 6.03. The highest BCUT2D eigenvalue weighted by molar-refractivity contribution is 6.31. The second-order valence-electron chi connectivity index (χ2n) is 4.54. The molecule has 1 fully saturated rings. The van der Waals surface area contributed by atoms with Gasteiger partial charge in [-0.15, -0.1) is 0 Å². The maximum absolute atomic E-state index is 13.2. The highest BCUT2D eigenvalue weighted by Crippen LogP contribution is 2.22. The SMILES string of the molecule is OC(Cc1cccc(F)c1Cl)C1CCCCN1. The molecule has 2 unspecified atom stereocenters. The van der Waals surface area contributed by atoms with Gasteiger partial charge in [0.2, 0.25) is 0 Å². The molecular weight excluding hydrogens is 241 g/mol. The molecule has 0 amide bonds. The molecule has 2 rings (SSSR count). The zero-order valence-electron chi connectivity index (χ0n) is 9.63. The Kier molecular flexibility index (Phi) is 4.37. The van der Waals surface area contributed by atoms with Gasteiger partial charge >= 0.3 is 0 Å². The summed E-state index contributed by atoms with van der Waals surface area (Å²) in [6, 6.07) is 4.81. The molecule has 1 aliphatic heterocycles. The molecule has 2 nitrogen and oxygen atoms in total. The normalized spacial score (nSPS) is 22.4. The van der Waals surface area contributed by atoms with Gasteiger partial charge in [0, 0.05) is 12.5 Å². The van der Waals surface area contributed by atoms with Gasteiger partial charge in [0.1, 0.15) is 5.82 Å². The predicted octanol–water partition coefficient (Wildman–Crippen LogP) is 2.52. The van der Waals surface area contributed by atoms with Gasteiger partial charge in [-0.1, -0.05) is 30.2 Å². The Bertz CT molecular complexity index is 380. The van der Waals surface area contributed by atoms with Crippen LogP contribution in [0.15, 0.2) is 18.2 Å². The number of benzene rings is 1. The van der Waals surface area contributed by atoms with Crippen LogP contribution in [-0.4, -0.2) is 23.8 Å². The highest BCUT2D eigenvalue weighted by Gasteiger charge is 2.22. The fourth-order valence-electron chi connectivity index (χ4n) is 2.28. The van der Waals surface area contributed by atoms with E-state index in [1.54, 1.807) is 12.1 Å². The average Bonchev–Trinajstić information content (AvgIpc) is 2.36. The number of hydrogen-bond donors (Lipinski definition) is 2. The van der Waals surface area contributed by atoms with Crippen molar-refractivity contribution in [1.29, 1.82) is 0 Å². The fraction of sp³-hybridized carbons (Fsp3) is 0.538. The zero-order chi connectivity index (χ0) is 12.3. The summed E-state index contributed by atoms with van der Waals surface area (Å²) in [6.07, 6.45) is 3.15. The zero-order valence-corrected chi connectivity index (χ0v) is 10.4. The van der Waals surface area contributed by atoms with E-state index in [9.17, 15) is 9.50 Å². The van der Waals surface area contributed by atoms with E-state index in [1.165, 1.54) is 6.07 Å². The van der Waals surface area contributed by atoms with E-state index >= 15 is 0 Å². The summed E-state index contributed by atoms with van der Waals surface area (Å²) in [6.45, 7) is 0.943. The predicted molar refractivity (Wildman–Crippen MR) is 66.8 cm³/mol. The molecule has 1 aromatic carbocycles. The second kappa shape index (κ2) is 5.80. The number of hydrogen-bond acceptors (Lipinski definition) is 2. The Morgan fingerprint density at radius 1 is 1.47 bits per heavy atom. The maximum Gasteiger partial charge on any atom is 0.142 e. The first kappa shape index (κ1) is 12.8. The number of rotatable bonds is 3. The minimum absolute atomic E-state index is 0.100. The van der Waals surface area contributed by atoms with Crippen LogP contribution in [0.2, 0.25) is 5.02 Å². The molecule has 1 saturated heterocycles. The van der Waals surface area contributed by atoms with E-state index in [0.717, 1.165) is 25.8 Å². The lowest BCUT2D eigenvalue weighted by molar-refractivity contribution is 0.113. The molecule has 1 heterocycles. The van der Waals surface area contributed by atoms with Crippen molar-refractivity contribution in [3.8, 4) is 0 Å². The van der Waals surface area contributed by atoms with Crippen LogP contribution < -0.4 is 5.32 Å². The van der Waals surface area contributed by atoms with Gasteiger partial charge in [-0.3, -0.25) is 0 Å². The highest BCUT2D eigenvalue weighted by atomic mass is 35.5. The third kappa shape index (κ3) is 3.18. The summed E-state index contributed by atoms with van der Waals surface area (Å²) in [5, 5.41) is 13.5. The van der Waals surface area contributed by atoms with Crippen molar-refractivity contribution in [1.82, 2.24) is 5.32 Å². The third-order valence-corrected chi connectivity index (χ3v) is 3.70. The van der Waals surface area contributed by atoms with Crippen LogP contribution in [0.3, 0.4) is 0 Å². The largest absolute Gasteiger partial charge is 0.391 e. The van der Waals surface area contributed by atoms with E-state index in [0.29, 0.717) is 12.0 Å². The van der Waals surface area contributed by atoms with Gasteiger partial charge < -0.3 is 10.4 Å². The van der Waals surface area contributed by atoms with Crippen LogP contribution in [0.25, 0.3) is 0 Å². The molecule has 1 aromatic rings.